The molecule has 0 spiro atoms. The SMILES string of the molecule is COc1ccccc1CCNNC(=O)[C@@]1(Cc2ccccc2N=[N+]=[N-])N=C(c2ccc(OCCCO)cc2)O[C@H]1c1ccc(-c2ccccc2)cc1. The number of carbonyl (C=O) groups excluding carboxylic acids is 1. The Morgan fingerprint density at radius 2 is 1.56 bits per heavy atom. The molecule has 3 N–H and O–H groups in total. The lowest BCUT2D eigenvalue weighted by atomic mass is 9.81. The average Bonchev–Trinajstić information content (AvgIpc) is 3.58. The molecule has 6 rings (SSSR count). The summed E-state index contributed by atoms with van der Waals surface area (Å²) in [4.78, 5) is 22.8. The second-order valence-corrected chi connectivity index (χ2v) is 12.2. The van der Waals surface area contributed by atoms with Crippen molar-refractivity contribution in [2.24, 2.45) is 10.1 Å². The molecule has 0 saturated heterocycles. The molecule has 5 aromatic rings. The number of hydrazine groups is 1. The minimum Gasteiger partial charge on any atom is -0.496 e. The highest BCUT2D eigenvalue weighted by molar-refractivity contribution is 6.01. The highest BCUT2D eigenvalue weighted by Gasteiger charge is 2.53. The summed E-state index contributed by atoms with van der Waals surface area (Å²) in [5.41, 5.74) is 19.4. The average molecular weight is 697 g/mol. The van der Waals surface area contributed by atoms with Crippen molar-refractivity contribution in [2.45, 2.75) is 30.9 Å². The van der Waals surface area contributed by atoms with Gasteiger partial charge in [0.25, 0.3) is 5.91 Å². The predicted octanol–water partition coefficient (Wildman–Crippen LogP) is 7.43. The summed E-state index contributed by atoms with van der Waals surface area (Å²) >= 11 is 0. The number of rotatable bonds is 16. The van der Waals surface area contributed by atoms with Crippen molar-refractivity contribution in [1.82, 2.24) is 10.9 Å². The zero-order valence-corrected chi connectivity index (χ0v) is 28.8. The lowest BCUT2D eigenvalue weighted by Crippen LogP contribution is -2.54. The van der Waals surface area contributed by atoms with Crippen LogP contribution in [-0.4, -0.2) is 49.3 Å². The van der Waals surface area contributed by atoms with Gasteiger partial charge in [0.2, 0.25) is 5.90 Å². The molecule has 5 aromatic carbocycles. The van der Waals surface area contributed by atoms with E-state index in [2.05, 4.69) is 20.9 Å². The van der Waals surface area contributed by atoms with Gasteiger partial charge in [0.15, 0.2) is 11.6 Å². The standard InChI is InChI=1S/C41H40N6O5/c1-50-37-15-8-6-12-31(37)24-25-43-46-40(49)41(28-34-13-5-7-14-36(34)45-47-42)38(32-18-16-30(17-19-32)29-10-3-2-4-11-29)52-39(44-41)33-20-22-35(23-21-33)51-27-9-26-48/h2-8,10-23,38,43,48H,9,24-28H2,1H3,(H,46,49)/t38-,41-/m0/s1. The maximum atomic E-state index is 14.7. The number of carbonyl (C=O) groups is 1. The maximum absolute atomic E-state index is 14.7. The van der Waals surface area contributed by atoms with E-state index < -0.39 is 17.6 Å². The number of hydrogen-bond donors (Lipinski definition) is 3. The van der Waals surface area contributed by atoms with E-state index in [4.69, 9.17) is 24.3 Å². The number of methoxy groups -OCH3 is 1. The molecule has 0 bridgehead atoms. The molecule has 1 aliphatic rings. The number of amides is 1. The van der Waals surface area contributed by atoms with Gasteiger partial charge in [0.1, 0.15) is 11.5 Å². The fraction of sp³-hybridized carbons (Fsp3) is 0.220. The number of hydrogen-bond acceptors (Lipinski definition) is 8. The third kappa shape index (κ3) is 8.25. The zero-order chi connectivity index (χ0) is 36.2. The molecule has 0 unspecified atom stereocenters. The third-order valence-corrected chi connectivity index (χ3v) is 8.87. The van der Waals surface area contributed by atoms with Crippen LogP contribution in [0, 0.1) is 0 Å². The number of azide groups is 1. The molecule has 0 aliphatic carbocycles. The van der Waals surface area contributed by atoms with E-state index in [0.717, 1.165) is 28.0 Å². The second-order valence-electron chi connectivity index (χ2n) is 12.2. The van der Waals surface area contributed by atoms with Gasteiger partial charge < -0.3 is 19.3 Å². The van der Waals surface area contributed by atoms with Gasteiger partial charge >= 0.3 is 0 Å². The van der Waals surface area contributed by atoms with Crippen molar-refractivity contribution in [1.29, 1.82) is 0 Å². The summed E-state index contributed by atoms with van der Waals surface area (Å²) in [5, 5.41) is 13.1. The molecule has 52 heavy (non-hydrogen) atoms. The molecule has 1 aliphatic heterocycles. The first-order valence-electron chi connectivity index (χ1n) is 17.1. The number of ether oxygens (including phenoxy) is 3. The Morgan fingerprint density at radius 1 is 0.885 bits per heavy atom. The molecule has 0 saturated carbocycles. The van der Waals surface area contributed by atoms with E-state index in [1.165, 1.54) is 0 Å². The minimum atomic E-state index is -1.53. The van der Waals surface area contributed by atoms with Gasteiger partial charge in [-0.3, -0.25) is 10.2 Å². The van der Waals surface area contributed by atoms with Gasteiger partial charge in [-0.2, -0.15) is 0 Å². The van der Waals surface area contributed by atoms with Gasteiger partial charge in [0, 0.05) is 42.2 Å². The first-order valence-corrected chi connectivity index (χ1v) is 17.1. The Hall–Kier alpha value is -6.13. The highest BCUT2D eigenvalue weighted by Crippen LogP contribution is 2.44. The van der Waals surface area contributed by atoms with Crippen LogP contribution in [0.25, 0.3) is 21.6 Å². The van der Waals surface area contributed by atoms with E-state index in [-0.39, 0.29) is 18.9 Å². The predicted molar refractivity (Wildman–Crippen MR) is 200 cm³/mol. The summed E-state index contributed by atoms with van der Waals surface area (Å²) in [7, 11) is 1.63. The fourth-order valence-corrected chi connectivity index (χ4v) is 6.22. The topological polar surface area (TPSA) is 150 Å². The van der Waals surface area contributed by atoms with Crippen molar-refractivity contribution in [2.75, 3.05) is 26.9 Å². The lowest BCUT2D eigenvalue weighted by Gasteiger charge is -2.31. The largest absolute Gasteiger partial charge is 0.496 e. The number of aliphatic imine (C=N–C) groups is 1. The molecule has 0 aromatic heterocycles. The van der Waals surface area contributed by atoms with Crippen LogP contribution in [0.3, 0.4) is 0 Å². The second kappa shape index (κ2) is 17.2. The number of aliphatic hydroxyl groups excluding tert-OH is 1. The molecule has 11 heteroatoms. The Morgan fingerprint density at radius 3 is 2.29 bits per heavy atom. The van der Waals surface area contributed by atoms with Crippen LogP contribution in [0.1, 0.15) is 34.8 Å². The van der Waals surface area contributed by atoms with Crippen LogP contribution in [0.5, 0.6) is 11.5 Å². The van der Waals surface area contributed by atoms with Crippen molar-refractivity contribution < 1.29 is 24.1 Å². The van der Waals surface area contributed by atoms with Crippen LogP contribution in [-0.2, 0) is 22.4 Å². The van der Waals surface area contributed by atoms with E-state index >= 15 is 0 Å². The van der Waals surface area contributed by atoms with Gasteiger partial charge in [0.05, 0.1) is 13.7 Å². The molecule has 1 heterocycles. The van der Waals surface area contributed by atoms with Crippen LogP contribution in [0.15, 0.2) is 138 Å². The Balaban J connectivity index is 1.38. The number of nitrogens with one attached hydrogen (secondary N) is 2. The first-order chi connectivity index (χ1) is 25.5. The third-order valence-electron chi connectivity index (χ3n) is 8.87. The van der Waals surface area contributed by atoms with Crippen molar-refractivity contribution in [3.63, 3.8) is 0 Å². The van der Waals surface area contributed by atoms with E-state index in [1.807, 2.05) is 103 Å². The van der Waals surface area contributed by atoms with Gasteiger partial charge in [-0.15, -0.1) is 0 Å². The molecular weight excluding hydrogens is 656 g/mol. The molecule has 264 valence electrons. The van der Waals surface area contributed by atoms with Crippen LogP contribution < -0.4 is 20.3 Å². The van der Waals surface area contributed by atoms with E-state index in [9.17, 15) is 10.3 Å². The highest BCUT2D eigenvalue weighted by atomic mass is 16.5. The number of aliphatic hydroxyl groups is 1. The summed E-state index contributed by atoms with van der Waals surface area (Å²) in [6.45, 7) is 0.841. The number of nitrogens with zero attached hydrogens (tertiary/aromatic N) is 4. The van der Waals surface area contributed by atoms with E-state index in [1.54, 1.807) is 31.4 Å². The van der Waals surface area contributed by atoms with Crippen LogP contribution in [0.2, 0.25) is 0 Å². The van der Waals surface area contributed by atoms with E-state index in [0.29, 0.717) is 48.6 Å². The maximum Gasteiger partial charge on any atom is 0.266 e. The number of benzene rings is 5. The lowest BCUT2D eigenvalue weighted by molar-refractivity contribution is -0.130. The molecule has 1 amide bonds. The van der Waals surface area contributed by atoms with Crippen molar-refractivity contribution in [3.05, 3.63) is 160 Å². The van der Waals surface area contributed by atoms with Gasteiger partial charge in [-0.25, -0.2) is 10.4 Å². The molecule has 0 radical (unpaired) electrons. The molecular formula is C41H40N6O5. The fourth-order valence-electron chi connectivity index (χ4n) is 6.22. The van der Waals surface area contributed by atoms with Crippen molar-refractivity contribution in [3.8, 4) is 22.6 Å². The summed E-state index contributed by atoms with van der Waals surface area (Å²) in [6.07, 6.45) is 0.325. The zero-order valence-electron chi connectivity index (χ0n) is 28.8. The Bertz CT molecular complexity index is 2030. The summed E-state index contributed by atoms with van der Waals surface area (Å²) in [6, 6.07) is 40.1. The van der Waals surface area contributed by atoms with Gasteiger partial charge in [-0.05, 0) is 70.1 Å². The van der Waals surface area contributed by atoms with Crippen LogP contribution >= 0.6 is 0 Å². The molecule has 2 atom stereocenters. The first kappa shape index (κ1) is 35.7. The Kier molecular flexibility index (Phi) is 11.8. The Labute approximate surface area is 302 Å². The van der Waals surface area contributed by atoms with Gasteiger partial charge in [-0.1, -0.05) is 102 Å². The summed E-state index contributed by atoms with van der Waals surface area (Å²) < 4.78 is 17.9. The quantitative estimate of drug-likeness (QED) is 0.0321. The monoisotopic (exact) mass is 696 g/mol. The summed E-state index contributed by atoms with van der Waals surface area (Å²) in [5.74, 6) is 1.27. The molecule has 0 fully saturated rings. The number of para-hydroxylation sites is 1. The smallest absolute Gasteiger partial charge is 0.266 e. The van der Waals surface area contributed by atoms with Crippen LogP contribution in [0.4, 0.5) is 5.69 Å². The van der Waals surface area contributed by atoms with Crippen molar-refractivity contribution >= 4 is 17.5 Å². The molecule has 11 nitrogen and oxygen atoms in total. The normalized spacial score (nSPS) is 16.3. The minimum absolute atomic E-state index is 0.0404.